The lowest BCUT2D eigenvalue weighted by Gasteiger charge is -2.08. The van der Waals surface area contributed by atoms with E-state index in [1.54, 1.807) is 0 Å². The summed E-state index contributed by atoms with van der Waals surface area (Å²) in [4.78, 5) is 0. The summed E-state index contributed by atoms with van der Waals surface area (Å²) < 4.78 is 0. The minimum atomic E-state index is 0.557. The molecule has 2 rings (SSSR count). The van der Waals surface area contributed by atoms with Gasteiger partial charge in [0.2, 0.25) is 0 Å². The first kappa shape index (κ1) is 8.48. The van der Waals surface area contributed by atoms with Crippen LogP contribution in [0.3, 0.4) is 0 Å². The van der Waals surface area contributed by atoms with Gasteiger partial charge in [-0.15, -0.1) is 5.10 Å². The highest BCUT2D eigenvalue weighted by atomic mass is 15.1. The number of aromatic nitrogens is 2. The summed E-state index contributed by atoms with van der Waals surface area (Å²) in [7, 11) is 0. The van der Waals surface area contributed by atoms with E-state index in [-0.39, 0.29) is 0 Å². The number of hydrogen-bond acceptors (Lipinski definition) is 3. The highest BCUT2D eigenvalue weighted by molar-refractivity contribution is 5.37. The molecular weight excluding hydrogens is 162 g/mol. The van der Waals surface area contributed by atoms with Gasteiger partial charge >= 0.3 is 0 Å². The van der Waals surface area contributed by atoms with E-state index in [9.17, 15) is 0 Å². The number of anilines is 1. The molecule has 1 aliphatic carbocycles. The molecule has 3 heteroatoms. The molecule has 1 fully saturated rings. The molecule has 0 spiro atoms. The van der Waals surface area contributed by atoms with Gasteiger partial charge in [0.25, 0.3) is 0 Å². The van der Waals surface area contributed by atoms with Crippen LogP contribution in [0.1, 0.15) is 42.9 Å². The molecular formula is C10H15N3. The standard InChI is InChI=1S/C10H15N3/c1-7-6-9(12-13-10(7)11)8-4-2-3-5-8/h6,8H,2-5H2,1H3,(H2,11,13). The molecule has 0 aliphatic heterocycles. The van der Waals surface area contributed by atoms with Crippen LogP contribution in [0.4, 0.5) is 5.82 Å². The van der Waals surface area contributed by atoms with Crippen LogP contribution < -0.4 is 5.73 Å². The average molecular weight is 177 g/mol. The lowest BCUT2D eigenvalue weighted by molar-refractivity contribution is 0.680. The van der Waals surface area contributed by atoms with Crippen LogP contribution in [0.15, 0.2) is 6.07 Å². The fourth-order valence-corrected chi connectivity index (χ4v) is 1.94. The Bertz CT molecular complexity index is 303. The molecule has 1 aliphatic rings. The Morgan fingerprint density at radius 3 is 2.62 bits per heavy atom. The van der Waals surface area contributed by atoms with E-state index in [0.29, 0.717) is 11.7 Å². The molecule has 2 N–H and O–H groups in total. The van der Waals surface area contributed by atoms with Crippen LogP contribution in [-0.4, -0.2) is 10.2 Å². The summed E-state index contributed by atoms with van der Waals surface area (Å²) in [5.41, 5.74) is 7.80. The van der Waals surface area contributed by atoms with Crippen molar-refractivity contribution in [3.63, 3.8) is 0 Å². The van der Waals surface area contributed by atoms with Crippen molar-refractivity contribution in [2.75, 3.05) is 5.73 Å². The average Bonchev–Trinajstić information content (AvgIpc) is 2.62. The monoisotopic (exact) mass is 177 g/mol. The Morgan fingerprint density at radius 2 is 2.00 bits per heavy atom. The molecule has 13 heavy (non-hydrogen) atoms. The van der Waals surface area contributed by atoms with Crippen molar-refractivity contribution in [1.29, 1.82) is 0 Å². The van der Waals surface area contributed by atoms with Crippen LogP contribution in [-0.2, 0) is 0 Å². The maximum absolute atomic E-state index is 5.61. The van der Waals surface area contributed by atoms with Gasteiger partial charge in [-0.2, -0.15) is 5.10 Å². The Labute approximate surface area is 78.4 Å². The Kier molecular flexibility index (Phi) is 2.17. The van der Waals surface area contributed by atoms with E-state index in [1.807, 2.05) is 6.92 Å². The van der Waals surface area contributed by atoms with Crippen molar-refractivity contribution in [3.05, 3.63) is 17.3 Å². The van der Waals surface area contributed by atoms with E-state index >= 15 is 0 Å². The zero-order chi connectivity index (χ0) is 9.26. The van der Waals surface area contributed by atoms with Gasteiger partial charge in [0, 0.05) is 5.92 Å². The third-order valence-electron chi connectivity index (χ3n) is 2.82. The summed E-state index contributed by atoms with van der Waals surface area (Å²) in [5, 5.41) is 8.10. The number of nitrogens with zero attached hydrogens (tertiary/aromatic N) is 2. The van der Waals surface area contributed by atoms with Gasteiger partial charge in [0.05, 0.1) is 5.69 Å². The van der Waals surface area contributed by atoms with Crippen LogP contribution in [0, 0.1) is 6.92 Å². The van der Waals surface area contributed by atoms with Gasteiger partial charge in [-0.1, -0.05) is 12.8 Å². The molecule has 0 aromatic carbocycles. The number of hydrogen-bond donors (Lipinski definition) is 1. The van der Waals surface area contributed by atoms with Crippen molar-refractivity contribution < 1.29 is 0 Å². The predicted molar refractivity (Wildman–Crippen MR) is 52.4 cm³/mol. The fraction of sp³-hybridized carbons (Fsp3) is 0.600. The molecule has 1 saturated carbocycles. The molecule has 3 nitrogen and oxygen atoms in total. The van der Waals surface area contributed by atoms with Gasteiger partial charge in [0.1, 0.15) is 5.82 Å². The first-order valence-corrected chi connectivity index (χ1v) is 4.87. The second-order valence-corrected chi connectivity index (χ2v) is 3.82. The largest absolute Gasteiger partial charge is 0.382 e. The van der Waals surface area contributed by atoms with Crippen molar-refractivity contribution in [2.24, 2.45) is 0 Å². The lowest BCUT2D eigenvalue weighted by atomic mass is 10.0. The molecule has 0 amide bonds. The first-order chi connectivity index (χ1) is 6.27. The highest BCUT2D eigenvalue weighted by Crippen LogP contribution is 2.33. The van der Waals surface area contributed by atoms with Gasteiger partial charge in [-0.05, 0) is 31.4 Å². The van der Waals surface area contributed by atoms with E-state index in [1.165, 1.54) is 25.7 Å². The molecule has 1 aromatic heterocycles. The maximum Gasteiger partial charge on any atom is 0.149 e. The van der Waals surface area contributed by atoms with E-state index in [2.05, 4.69) is 16.3 Å². The van der Waals surface area contributed by atoms with Crippen molar-refractivity contribution >= 4 is 5.82 Å². The van der Waals surface area contributed by atoms with Gasteiger partial charge in [-0.25, -0.2) is 0 Å². The highest BCUT2D eigenvalue weighted by Gasteiger charge is 2.18. The lowest BCUT2D eigenvalue weighted by Crippen LogP contribution is -2.03. The molecule has 0 radical (unpaired) electrons. The second-order valence-electron chi connectivity index (χ2n) is 3.82. The number of rotatable bonds is 1. The minimum Gasteiger partial charge on any atom is -0.382 e. The summed E-state index contributed by atoms with van der Waals surface area (Å²) in [6.45, 7) is 1.99. The Morgan fingerprint density at radius 1 is 1.31 bits per heavy atom. The summed E-state index contributed by atoms with van der Waals surface area (Å²) >= 11 is 0. The molecule has 0 bridgehead atoms. The number of nitrogen functional groups attached to an aromatic ring is 1. The summed E-state index contributed by atoms with van der Waals surface area (Å²) in [6, 6.07) is 2.08. The third-order valence-corrected chi connectivity index (χ3v) is 2.82. The zero-order valence-corrected chi connectivity index (χ0v) is 7.95. The van der Waals surface area contributed by atoms with Crippen LogP contribution >= 0.6 is 0 Å². The normalized spacial score (nSPS) is 17.9. The quantitative estimate of drug-likeness (QED) is 0.714. The summed E-state index contributed by atoms with van der Waals surface area (Å²) in [6.07, 6.45) is 5.18. The van der Waals surface area contributed by atoms with Crippen molar-refractivity contribution in [2.45, 2.75) is 38.5 Å². The second kappa shape index (κ2) is 3.32. The zero-order valence-electron chi connectivity index (χ0n) is 7.95. The van der Waals surface area contributed by atoms with Gasteiger partial charge < -0.3 is 5.73 Å². The van der Waals surface area contributed by atoms with E-state index in [4.69, 9.17) is 5.73 Å². The van der Waals surface area contributed by atoms with Crippen molar-refractivity contribution in [1.82, 2.24) is 10.2 Å². The molecule has 0 unspecified atom stereocenters. The van der Waals surface area contributed by atoms with Crippen LogP contribution in [0.5, 0.6) is 0 Å². The molecule has 0 saturated heterocycles. The van der Waals surface area contributed by atoms with E-state index in [0.717, 1.165) is 11.3 Å². The smallest absolute Gasteiger partial charge is 0.149 e. The first-order valence-electron chi connectivity index (χ1n) is 4.87. The van der Waals surface area contributed by atoms with E-state index < -0.39 is 0 Å². The number of aryl methyl sites for hydroxylation is 1. The fourth-order valence-electron chi connectivity index (χ4n) is 1.94. The van der Waals surface area contributed by atoms with Gasteiger partial charge in [-0.3, -0.25) is 0 Å². The summed E-state index contributed by atoms with van der Waals surface area (Å²) in [5.74, 6) is 1.19. The number of nitrogens with two attached hydrogens (primary N) is 1. The van der Waals surface area contributed by atoms with Crippen molar-refractivity contribution in [3.8, 4) is 0 Å². The SMILES string of the molecule is Cc1cc(C2CCCC2)nnc1N. The molecule has 1 aromatic rings. The maximum atomic E-state index is 5.61. The molecule has 1 heterocycles. The van der Waals surface area contributed by atoms with Crippen LogP contribution in [0.25, 0.3) is 0 Å². The predicted octanol–water partition coefficient (Wildman–Crippen LogP) is 2.02. The molecule has 70 valence electrons. The topological polar surface area (TPSA) is 51.8 Å². The molecule has 0 atom stereocenters. The Hall–Kier alpha value is -1.12. The van der Waals surface area contributed by atoms with Gasteiger partial charge in [0.15, 0.2) is 0 Å². The minimum absolute atomic E-state index is 0.557. The van der Waals surface area contributed by atoms with Crippen LogP contribution in [0.2, 0.25) is 0 Å². The third kappa shape index (κ3) is 1.64. The Balaban J connectivity index is 2.25.